The molecule has 1 spiro atoms. The molecule has 0 aromatic carbocycles. The Bertz CT molecular complexity index is 575. The first-order valence-electron chi connectivity index (χ1n) is 9.25. The second-order valence-corrected chi connectivity index (χ2v) is 7.55. The number of carbonyl (C=O) groups is 1. The van der Waals surface area contributed by atoms with Crippen LogP contribution in [0.3, 0.4) is 0 Å². The molecule has 2 atom stereocenters. The van der Waals surface area contributed by atoms with Gasteiger partial charge in [-0.15, -0.1) is 0 Å². The van der Waals surface area contributed by atoms with E-state index in [4.69, 9.17) is 0 Å². The minimum Gasteiger partial charge on any atom is -0.340 e. The van der Waals surface area contributed by atoms with E-state index in [9.17, 15) is 4.79 Å². The molecule has 1 aliphatic carbocycles. The summed E-state index contributed by atoms with van der Waals surface area (Å²) in [7, 11) is 0. The van der Waals surface area contributed by atoms with Crippen LogP contribution in [0.25, 0.3) is 0 Å². The van der Waals surface area contributed by atoms with Crippen molar-refractivity contribution >= 4 is 5.91 Å². The summed E-state index contributed by atoms with van der Waals surface area (Å²) in [6, 6.07) is 0.410. The summed E-state index contributed by atoms with van der Waals surface area (Å²) in [6.45, 7) is 6.13. The van der Waals surface area contributed by atoms with Gasteiger partial charge in [-0.1, -0.05) is 6.92 Å². The Balaban J connectivity index is 1.42. The predicted molar refractivity (Wildman–Crippen MR) is 89.1 cm³/mol. The maximum Gasteiger partial charge on any atom is 0.226 e. The molecule has 2 aliphatic heterocycles. The Morgan fingerprint density at radius 2 is 2.26 bits per heavy atom. The lowest BCUT2D eigenvalue weighted by Crippen LogP contribution is -2.43. The Morgan fingerprint density at radius 1 is 1.43 bits per heavy atom. The highest BCUT2D eigenvalue weighted by molar-refractivity contribution is 5.83. The molecule has 2 saturated heterocycles. The molecule has 0 radical (unpaired) electrons. The fourth-order valence-corrected chi connectivity index (χ4v) is 4.73. The van der Waals surface area contributed by atoms with Gasteiger partial charge in [0, 0.05) is 37.8 Å². The molecular formula is C18H28N4O. The fourth-order valence-electron chi connectivity index (χ4n) is 4.73. The van der Waals surface area contributed by atoms with Crippen LogP contribution in [0.15, 0.2) is 12.4 Å². The van der Waals surface area contributed by atoms with Gasteiger partial charge in [-0.2, -0.15) is 0 Å². The molecule has 126 valence electrons. The third-order valence-corrected chi connectivity index (χ3v) is 6.25. The first-order valence-corrected chi connectivity index (χ1v) is 9.25. The van der Waals surface area contributed by atoms with Gasteiger partial charge in [-0.25, -0.2) is 4.98 Å². The summed E-state index contributed by atoms with van der Waals surface area (Å²) < 4.78 is 2.30. The van der Waals surface area contributed by atoms with E-state index < -0.39 is 0 Å². The number of aromatic nitrogens is 2. The van der Waals surface area contributed by atoms with E-state index in [1.165, 1.54) is 12.8 Å². The Kier molecular flexibility index (Phi) is 3.92. The minimum atomic E-state index is 0.303. The maximum atomic E-state index is 13.0. The summed E-state index contributed by atoms with van der Waals surface area (Å²) in [4.78, 5) is 19.6. The zero-order chi connectivity index (χ0) is 15.9. The quantitative estimate of drug-likeness (QED) is 0.928. The van der Waals surface area contributed by atoms with Crippen molar-refractivity contribution in [2.45, 2.75) is 51.5 Å². The second-order valence-electron chi connectivity index (χ2n) is 7.55. The lowest BCUT2D eigenvalue weighted by Gasteiger charge is -2.35. The van der Waals surface area contributed by atoms with Crippen LogP contribution in [0.5, 0.6) is 0 Å². The largest absolute Gasteiger partial charge is 0.340 e. The zero-order valence-electron chi connectivity index (χ0n) is 14.1. The molecule has 5 nitrogen and oxygen atoms in total. The predicted octanol–water partition coefficient (Wildman–Crippen LogP) is 2.00. The van der Waals surface area contributed by atoms with Crippen LogP contribution >= 0.6 is 0 Å². The Labute approximate surface area is 138 Å². The number of hydrogen-bond acceptors (Lipinski definition) is 3. The van der Waals surface area contributed by atoms with Gasteiger partial charge in [0.2, 0.25) is 5.91 Å². The van der Waals surface area contributed by atoms with Crippen molar-refractivity contribution in [2.75, 3.05) is 26.2 Å². The topological polar surface area (TPSA) is 50.2 Å². The number of likely N-dealkylation sites (tertiary alicyclic amines) is 1. The molecule has 1 aromatic heterocycles. The third kappa shape index (κ3) is 2.69. The SMILES string of the molecule is CCc1nccn1C1CCCN(C(=O)C2CC23CCNCC3)C1. The lowest BCUT2D eigenvalue weighted by molar-refractivity contribution is -0.135. The van der Waals surface area contributed by atoms with Gasteiger partial charge in [0.1, 0.15) is 5.82 Å². The summed E-state index contributed by atoms with van der Waals surface area (Å²) in [5.74, 6) is 1.87. The van der Waals surface area contributed by atoms with Crippen molar-refractivity contribution in [1.82, 2.24) is 19.8 Å². The van der Waals surface area contributed by atoms with E-state index in [-0.39, 0.29) is 0 Å². The number of aryl methyl sites for hydroxylation is 1. The number of rotatable bonds is 3. The van der Waals surface area contributed by atoms with E-state index in [0.29, 0.717) is 23.3 Å². The van der Waals surface area contributed by atoms with Crippen LogP contribution in [0.4, 0.5) is 0 Å². The highest BCUT2D eigenvalue weighted by Crippen LogP contribution is 2.59. The van der Waals surface area contributed by atoms with E-state index in [1.807, 2.05) is 6.20 Å². The normalized spacial score (nSPS) is 29.7. The molecule has 23 heavy (non-hydrogen) atoms. The van der Waals surface area contributed by atoms with Crippen molar-refractivity contribution in [2.24, 2.45) is 11.3 Å². The Hall–Kier alpha value is -1.36. The third-order valence-electron chi connectivity index (χ3n) is 6.25. The van der Waals surface area contributed by atoms with Gasteiger partial charge in [0.05, 0.1) is 6.04 Å². The molecule has 1 amide bonds. The number of nitrogens with zero attached hydrogens (tertiary/aromatic N) is 3. The number of imidazole rings is 1. The van der Waals surface area contributed by atoms with Gasteiger partial charge in [-0.3, -0.25) is 4.79 Å². The summed E-state index contributed by atoms with van der Waals surface area (Å²) in [5, 5.41) is 3.42. The molecule has 3 heterocycles. The number of piperidine rings is 2. The number of hydrogen-bond donors (Lipinski definition) is 1. The van der Waals surface area contributed by atoms with E-state index in [2.05, 4.69) is 32.9 Å². The van der Waals surface area contributed by atoms with Gasteiger partial charge < -0.3 is 14.8 Å². The van der Waals surface area contributed by atoms with Crippen LogP contribution in [0.1, 0.15) is 50.9 Å². The molecule has 1 N–H and O–H groups in total. The molecular weight excluding hydrogens is 288 g/mol. The first kappa shape index (κ1) is 15.2. The molecule has 4 rings (SSSR count). The number of amides is 1. The second kappa shape index (κ2) is 5.93. The highest BCUT2D eigenvalue weighted by atomic mass is 16.2. The van der Waals surface area contributed by atoms with Crippen molar-refractivity contribution < 1.29 is 4.79 Å². The van der Waals surface area contributed by atoms with Crippen molar-refractivity contribution in [3.05, 3.63) is 18.2 Å². The molecule has 1 aromatic rings. The molecule has 3 fully saturated rings. The molecule has 3 aliphatic rings. The molecule has 1 saturated carbocycles. The summed E-state index contributed by atoms with van der Waals surface area (Å²) >= 11 is 0. The minimum absolute atomic E-state index is 0.303. The van der Waals surface area contributed by atoms with Crippen molar-refractivity contribution in [3.8, 4) is 0 Å². The van der Waals surface area contributed by atoms with Crippen molar-refractivity contribution in [3.63, 3.8) is 0 Å². The molecule has 0 bridgehead atoms. The smallest absolute Gasteiger partial charge is 0.226 e. The average Bonchev–Trinajstić information content (AvgIpc) is 3.08. The number of carbonyl (C=O) groups excluding carboxylic acids is 1. The number of nitrogens with one attached hydrogen (secondary N) is 1. The van der Waals surface area contributed by atoms with Gasteiger partial charge in [-0.05, 0) is 50.6 Å². The van der Waals surface area contributed by atoms with Crippen LogP contribution in [0, 0.1) is 11.3 Å². The average molecular weight is 316 g/mol. The van der Waals surface area contributed by atoms with Crippen LogP contribution in [0.2, 0.25) is 0 Å². The summed E-state index contributed by atoms with van der Waals surface area (Å²) in [5.41, 5.74) is 0.346. The van der Waals surface area contributed by atoms with Crippen LogP contribution in [-0.2, 0) is 11.2 Å². The van der Waals surface area contributed by atoms with Gasteiger partial charge >= 0.3 is 0 Å². The molecule has 5 heteroatoms. The van der Waals surface area contributed by atoms with E-state index >= 15 is 0 Å². The first-order chi connectivity index (χ1) is 11.2. The van der Waals surface area contributed by atoms with Crippen LogP contribution in [-0.4, -0.2) is 46.5 Å². The van der Waals surface area contributed by atoms with Gasteiger partial charge in [0.15, 0.2) is 0 Å². The zero-order valence-corrected chi connectivity index (χ0v) is 14.1. The molecule has 2 unspecified atom stereocenters. The van der Waals surface area contributed by atoms with Crippen molar-refractivity contribution in [1.29, 1.82) is 0 Å². The maximum absolute atomic E-state index is 13.0. The van der Waals surface area contributed by atoms with Gasteiger partial charge in [0.25, 0.3) is 0 Å². The Morgan fingerprint density at radius 3 is 3.04 bits per heavy atom. The van der Waals surface area contributed by atoms with E-state index in [1.54, 1.807) is 0 Å². The fraction of sp³-hybridized carbons (Fsp3) is 0.778. The van der Waals surface area contributed by atoms with Crippen LogP contribution < -0.4 is 5.32 Å². The standard InChI is InChI=1S/C18H28N4O/c1-2-16-20-9-11-22(16)14-4-3-10-21(13-14)17(23)15-12-18(15)5-7-19-8-6-18/h9,11,14-15,19H,2-8,10,12-13H2,1H3. The monoisotopic (exact) mass is 316 g/mol. The summed E-state index contributed by atoms with van der Waals surface area (Å²) in [6.07, 6.45) is 10.7. The lowest BCUT2D eigenvalue weighted by atomic mass is 9.91. The highest BCUT2D eigenvalue weighted by Gasteiger charge is 2.58. The van der Waals surface area contributed by atoms with E-state index in [0.717, 1.165) is 57.7 Å².